The molecule has 0 saturated heterocycles. The standard InChI is InChI=1S/C33H40FNO7/c1-19-15-25-24-12-11-22-16-23(37)13-14-29(22,3)33(24,34)26(38)17-30(25,4)32(19,27(39)18-42-20(2)36)31(5,35-28(40)41)21-9-7-6-8-10-21/h6-10,13-14,16,19,24-26,35,38H,11-12,15,17-18H2,1-5H3,(H,40,41)/t19-,24?,25?,26-,29-,30-,31+,32+,33?/m0/s1. The fourth-order valence-electron chi connectivity index (χ4n) is 10.2. The van der Waals surface area contributed by atoms with Gasteiger partial charge in [-0.05, 0) is 74.5 Å². The number of aliphatic hydroxyl groups is 1. The first-order valence-corrected chi connectivity index (χ1v) is 14.6. The second kappa shape index (κ2) is 9.86. The predicted molar refractivity (Wildman–Crippen MR) is 152 cm³/mol. The molecule has 1 aromatic rings. The molecule has 3 fully saturated rings. The lowest BCUT2D eigenvalue weighted by Gasteiger charge is -2.65. The molecule has 3 unspecified atom stereocenters. The number of alkyl halides is 1. The molecule has 226 valence electrons. The van der Waals surface area contributed by atoms with Gasteiger partial charge in [-0.2, -0.15) is 0 Å². The summed E-state index contributed by atoms with van der Waals surface area (Å²) in [5, 5.41) is 24.8. The van der Waals surface area contributed by atoms with Crippen molar-refractivity contribution in [1.82, 2.24) is 5.32 Å². The van der Waals surface area contributed by atoms with Crippen molar-refractivity contribution in [2.24, 2.45) is 34.0 Å². The third-order valence-electron chi connectivity index (χ3n) is 11.6. The Bertz CT molecular complexity index is 1390. The highest BCUT2D eigenvalue weighted by atomic mass is 19.1. The predicted octanol–water partition coefficient (Wildman–Crippen LogP) is 4.90. The van der Waals surface area contributed by atoms with E-state index in [1.165, 1.54) is 19.1 Å². The van der Waals surface area contributed by atoms with E-state index in [0.717, 1.165) is 0 Å². The number of carbonyl (C=O) groups excluding carboxylic acids is 3. The van der Waals surface area contributed by atoms with Gasteiger partial charge < -0.3 is 20.3 Å². The molecular formula is C33H40FNO7. The Hall–Kier alpha value is -3.33. The van der Waals surface area contributed by atoms with Crippen LogP contribution in [0.3, 0.4) is 0 Å². The number of rotatable bonds is 6. The molecule has 4 aliphatic carbocycles. The van der Waals surface area contributed by atoms with E-state index in [9.17, 15) is 29.4 Å². The second-order valence-electron chi connectivity index (χ2n) is 13.3. The number of allylic oxidation sites excluding steroid dienone is 4. The summed E-state index contributed by atoms with van der Waals surface area (Å²) in [7, 11) is 0. The van der Waals surface area contributed by atoms with Gasteiger partial charge in [-0.25, -0.2) is 9.18 Å². The van der Waals surface area contributed by atoms with E-state index in [0.29, 0.717) is 30.4 Å². The van der Waals surface area contributed by atoms with Crippen LogP contribution in [0, 0.1) is 34.0 Å². The molecule has 8 nitrogen and oxygen atoms in total. The van der Waals surface area contributed by atoms with Crippen LogP contribution in [0.5, 0.6) is 0 Å². The molecule has 0 radical (unpaired) electrons. The number of carboxylic acid groups (broad SMARTS) is 1. The maximum absolute atomic E-state index is 17.8. The molecule has 9 heteroatoms. The highest BCUT2D eigenvalue weighted by Crippen LogP contribution is 2.76. The van der Waals surface area contributed by atoms with Crippen molar-refractivity contribution in [3.63, 3.8) is 0 Å². The molecular weight excluding hydrogens is 541 g/mol. The number of fused-ring (bicyclic) bond motifs is 5. The number of carbonyl (C=O) groups is 4. The summed E-state index contributed by atoms with van der Waals surface area (Å²) in [5.74, 6) is -2.92. The Labute approximate surface area is 245 Å². The summed E-state index contributed by atoms with van der Waals surface area (Å²) in [5.41, 5.74) is -6.30. The van der Waals surface area contributed by atoms with E-state index >= 15 is 4.39 Å². The summed E-state index contributed by atoms with van der Waals surface area (Å²) in [6.45, 7) is 7.77. The van der Waals surface area contributed by atoms with Crippen LogP contribution in [0.1, 0.15) is 65.9 Å². The topological polar surface area (TPSA) is 130 Å². The van der Waals surface area contributed by atoms with Crippen LogP contribution in [0.4, 0.5) is 9.18 Å². The first-order chi connectivity index (χ1) is 19.6. The van der Waals surface area contributed by atoms with Gasteiger partial charge in [0.15, 0.2) is 23.8 Å². The number of esters is 1. The van der Waals surface area contributed by atoms with Crippen molar-refractivity contribution in [2.75, 3.05) is 6.61 Å². The van der Waals surface area contributed by atoms with Gasteiger partial charge in [0.05, 0.1) is 17.1 Å². The Morgan fingerprint density at radius 2 is 1.83 bits per heavy atom. The number of ketones is 2. The molecule has 0 heterocycles. The number of halogens is 1. The zero-order valence-electron chi connectivity index (χ0n) is 24.8. The van der Waals surface area contributed by atoms with Crippen molar-refractivity contribution in [1.29, 1.82) is 0 Å². The lowest BCUT2D eigenvalue weighted by atomic mass is 9.40. The van der Waals surface area contributed by atoms with Crippen molar-refractivity contribution < 1.29 is 38.5 Å². The smallest absolute Gasteiger partial charge is 0.405 e. The first-order valence-electron chi connectivity index (χ1n) is 14.6. The zero-order chi connectivity index (χ0) is 30.9. The van der Waals surface area contributed by atoms with Crippen LogP contribution < -0.4 is 5.32 Å². The summed E-state index contributed by atoms with van der Waals surface area (Å²) >= 11 is 0. The second-order valence-corrected chi connectivity index (χ2v) is 13.3. The average Bonchev–Trinajstić information content (AvgIpc) is 3.15. The quantitative estimate of drug-likeness (QED) is 0.407. The third kappa shape index (κ3) is 3.74. The molecule has 3 saturated carbocycles. The fourth-order valence-corrected chi connectivity index (χ4v) is 10.2. The number of hydrogen-bond donors (Lipinski definition) is 3. The fraction of sp³-hybridized carbons (Fsp3) is 0.576. The number of ether oxygens (including phenoxy) is 1. The van der Waals surface area contributed by atoms with E-state index in [1.54, 1.807) is 50.3 Å². The SMILES string of the molecule is CC(=O)OCC(=O)[C@]1([C@](C)(NC(=O)O)c2ccccc2)[C@@H](C)CC2C3CCC4=CC(=O)C=C[C@]4(C)C3(F)[C@@H](O)C[C@@]21C. The number of Topliss-reactive ketones (excluding diaryl/α,β-unsaturated/α-hetero) is 1. The molecule has 42 heavy (non-hydrogen) atoms. The summed E-state index contributed by atoms with van der Waals surface area (Å²) in [6, 6.07) is 8.81. The van der Waals surface area contributed by atoms with Crippen LogP contribution in [0.15, 0.2) is 54.1 Å². The monoisotopic (exact) mass is 581 g/mol. The lowest BCUT2D eigenvalue weighted by molar-refractivity contribution is -0.216. The Morgan fingerprint density at radius 1 is 1.17 bits per heavy atom. The van der Waals surface area contributed by atoms with Gasteiger partial charge in [0, 0.05) is 18.3 Å². The van der Waals surface area contributed by atoms with Crippen LogP contribution in [-0.4, -0.2) is 52.2 Å². The summed E-state index contributed by atoms with van der Waals surface area (Å²) in [6.07, 6.45) is 2.66. The number of hydrogen-bond acceptors (Lipinski definition) is 6. The molecule has 5 rings (SSSR count). The molecule has 0 bridgehead atoms. The minimum Gasteiger partial charge on any atom is -0.465 e. The van der Waals surface area contributed by atoms with Gasteiger partial charge in [-0.1, -0.05) is 55.8 Å². The molecule has 4 aliphatic rings. The summed E-state index contributed by atoms with van der Waals surface area (Å²) < 4.78 is 23.1. The molecule has 0 spiro atoms. The average molecular weight is 582 g/mol. The van der Waals surface area contributed by atoms with Crippen LogP contribution >= 0.6 is 0 Å². The van der Waals surface area contributed by atoms with Crippen molar-refractivity contribution in [2.45, 2.75) is 77.6 Å². The Balaban J connectivity index is 1.75. The Kier molecular flexibility index (Phi) is 7.08. The minimum atomic E-state index is -2.11. The molecule has 9 atom stereocenters. The first kappa shape index (κ1) is 30.1. The van der Waals surface area contributed by atoms with Gasteiger partial charge >= 0.3 is 12.1 Å². The minimum absolute atomic E-state index is 0.130. The highest BCUT2D eigenvalue weighted by Gasteiger charge is 2.79. The molecule has 0 aromatic heterocycles. The van der Waals surface area contributed by atoms with Gasteiger partial charge in [0.1, 0.15) is 0 Å². The van der Waals surface area contributed by atoms with Gasteiger partial charge in [-0.3, -0.25) is 14.4 Å². The van der Waals surface area contributed by atoms with Crippen LogP contribution in [-0.2, 0) is 24.7 Å². The molecule has 1 aromatic carbocycles. The van der Waals surface area contributed by atoms with E-state index in [2.05, 4.69) is 5.32 Å². The largest absolute Gasteiger partial charge is 0.465 e. The van der Waals surface area contributed by atoms with Crippen LogP contribution in [0.2, 0.25) is 0 Å². The van der Waals surface area contributed by atoms with E-state index in [-0.39, 0.29) is 12.2 Å². The molecule has 1 amide bonds. The van der Waals surface area contributed by atoms with Crippen LogP contribution in [0.25, 0.3) is 0 Å². The summed E-state index contributed by atoms with van der Waals surface area (Å²) in [4.78, 5) is 51.2. The van der Waals surface area contributed by atoms with E-state index in [4.69, 9.17) is 4.74 Å². The van der Waals surface area contributed by atoms with Gasteiger partial charge in [0.2, 0.25) is 0 Å². The highest BCUT2D eigenvalue weighted by molar-refractivity contribution is 6.01. The maximum Gasteiger partial charge on any atom is 0.405 e. The number of amides is 1. The number of aliphatic hydroxyl groups excluding tert-OH is 1. The van der Waals surface area contributed by atoms with E-state index in [1.807, 2.05) is 13.8 Å². The van der Waals surface area contributed by atoms with Crippen molar-refractivity contribution in [3.8, 4) is 0 Å². The van der Waals surface area contributed by atoms with Gasteiger partial charge in [0.25, 0.3) is 0 Å². The zero-order valence-corrected chi connectivity index (χ0v) is 24.8. The van der Waals surface area contributed by atoms with E-state index < -0.39 is 75.8 Å². The normalized spacial score (nSPS) is 40.1. The Morgan fingerprint density at radius 3 is 2.45 bits per heavy atom. The molecule has 3 N–H and O–H groups in total. The maximum atomic E-state index is 17.8. The van der Waals surface area contributed by atoms with Gasteiger partial charge in [-0.15, -0.1) is 0 Å². The third-order valence-corrected chi connectivity index (χ3v) is 11.6. The lowest BCUT2D eigenvalue weighted by Crippen LogP contribution is -2.72. The molecule has 0 aliphatic heterocycles. The number of nitrogens with one attached hydrogen (secondary N) is 1. The number of benzene rings is 1. The van der Waals surface area contributed by atoms with Crippen molar-refractivity contribution >= 4 is 23.6 Å². The van der Waals surface area contributed by atoms with Crippen molar-refractivity contribution in [3.05, 3.63) is 59.7 Å².